The third-order valence-corrected chi connectivity index (χ3v) is 4.06. The Hall–Kier alpha value is -0.610. The summed E-state index contributed by atoms with van der Waals surface area (Å²) in [5, 5.41) is 6.28. The Morgan fingerprint density at radius 1 is 1.15 bits per heavy atom. The Kier molecular flexibility index (Phi) is 9.67. The summed E-state index contributed by atoms with van der Waals surface area (Å²) >= 11 is 0. The van der Waals surface area contributed by atoms with E-state index >= 15 is 0 Å². The minimum absolute atomic E-state index is 0.0313. The standard InChI is InChI=1S/C16H33N3O/c1-3-5-6-7-8-9-10-12-19-13-11-17-14-15(19)16(20)18-4-2/h15,17H,3-14H2,1-2H3,(H,18,20). The molecule has 118 valence electrons. The second-order valence-electron chi connectivity index (χ2n) is 5.77. The Morgan fingerprint density at radius 3 is 2.55 bits per heavy atom. The van der Waals surface area contributed by atoms with Gasteiger partial charge < -0.3 is 10.6 Å². The number of unbranched alkanes of at least 4 members (excludes halogenated alkanes) is 6. The van der Waals surface area contributed by atoms with E-state index in [1.54, 1.807) is 0 Å². The van der Waals surface area contributed by atoms with Gasteiger partial charge in [-0.15, -0.1) is 0 Å². The van der Waals surface area contributed by atoms with Crippen molar-refractivity contribution in [2.24, 2.45) is 0 Å². The molecule has 1 saturated heterocycles. The van der Waals surface area contributed by atoms with Gasteiger partial charge in [-0.1, -0.05) is 45.4 Å². The second kappa shape index (κ2) is 11.1. The van der Waals surface area contributed by atoms with E-state index < -0.39 is 0 Å². The van der Waals surface area contributed by atoms with Crippen molar-refractivity contribution >= 4 is 5.91 Å². The van der Waals surface area contributed by atoms with Crippen LogP contribution in [-0.4, -0.2) is 49.6 Å². The van der Waals surface area contributed by atoms with Crippen molar-refractivity contribution in [1.82, 2.24) is 15.5 Å². The van der Waals surface area contributed by atoms with Crippen LogP contribution in [-0.2, 0) is 4.79 Å². The molecule has 4 nitrogen and oxygen atoms in total. The van der Waals surface area contributed by atoms with Crippen LogP contribution >= 0.6 is 0 Å². The molecule has 1 amide bonds. The van der Waals surface area contributed by atoms with Gasteiger partial charge in [0.05, 0.1) is 0 Å². The highest BCUT2D eigenvalue weighted by atomic mass is 16.2. The minimum Gasteiger partial charge on any atom is -0.355 e. The molecule has 1 unspecified atom stereocenters. The molecule has 0 bridgehead atoms. The molecule has 0 spiro atoms. The predicted octanol–water partition coefficient (Wildman–Crippen LogP) is 2.15. The summed E-state index contributed by atoms with van der Waals surface area (Å²) in [6.45, 7) is 8.82. The molecule has 1 aliphatic rings. The normalized spacial score (nSPS) is 20.0. The van der Waals surface area contributed by atoms with Gasteiger partial charge in [0, 0.05) is 26.2 Å². The van der Waals surface area contributed by atoms with Crippen LogP contribution in [0.3, 0.4) is 0 Å². The number of nitrogens with one attached hydrogen (secondary N) is 2. The zero-order valence-corrected chi connectivity index (χ0v) is 13.4. The van der Waals surface area contributed by atoms with Crippen molar-refractivity contribution in [3.05, 3.63) is 0 Å². The molecule has 0 aromatic carbocycles. The highest BCUT2D eigenvalue weighted by Crippen LogP contribution is 2.10. The molecule has 4 heteroatoms. The molecule has 1 rings (SSSR count). The molecule has 1 fully saturated rings. The van der Waals surface area contributed by atoms with Gasteiger partial charge in [0.2, 0.25) is 5.91 Å². The number of carbonyl (C=O) groups excluding carboxylic acids is 1. The predicted molar refractivity (Wildman–Crippen MR) is 84.9 cm³/mol. The molecule has 0 radical (unpaired) electrons. The van der Waals surface area contributed by atoms with E-state index in [4.69, 9.17) is 0 Å². The van der Waals surface area contributed by atoms with Crippen LogP contribution in [0.4, 0.5) is 0 Å². The number of nitrogens with zero attached hydrogens (tertiary/aromatic N) is 1. The van der Waals surface area contributed by atoms with Crippen LogP contribution in [0.25, 0.3) is 0 Å². The fourth-order valence-corrected chi connectivity index (χ4v) is 2.84. The van der Waals surface area contributed by atoms with Gasteiger partial charge in [0.15, 0.2) is 0 Å². The lowest BCUT2D eigenvalue weighted by atomic mass is 10.1. The molecule has 1 atom stereocenters. The third-order valence-electron chi connectivity index (χ3n) is 4.06. The largest absolute Gasteiger partial charge is 0.355 e. The Labute approximate surface area is 124 Å². The van der Waals surface area contributed by atoms with Crippen molar-refractivity contribution < 1.29 is 4.79 Å². The Balaban J connectivity index is 2.17. The van der Waals surface area contributed by atoms with Gasteiger partial charge in [-0.05, 0) is 19.9 Å². The first-order chi connectivity index (χ1) is 9.79. The molecule has 1 aliphatic heterocycles. The number of hydrogen-bond donors (Lipinski definition) is 2. The lowest BCUT2D eigenvalue weighted by Crippen LogP contribution is -2.57. The molecule has 20 heavy (non-hydrogen) atoms. The minimum atomic E-state index is 0.0313. The van der Waals surface area contributed by atoms with Crippen molar-refractivity contribution in [1.29, 1.82) is 0 Å². The summed E-state index contributed by atoms with van der Waals surface area (Å²) in [5.41, 5.74) is 0. The number of amides is 1. The summed E-state index contributed by atoms with van der Waals surface area (Å²) in [7, 11) is 0. The lowest BCUT2D eigenvalue weighted by molar-refractivity contribution is -0.127. The quantitative estimate of drug-likeness (QED) is 0.604. The first-order valence-corrected chi connectivity index (χ1v) is 8.52. The van der Waals surface area contributed by atoms with Gasteiger partial charge in [-0.25, -0.2) is 0 Å². The summed E-state index contributed by atoms with van der Waals surface area (Å²) in [5.74, 6) is 0.183. The van der Waals surface area contributed by atoms with Gasteiger partial charge in [0.25, 0.3) is 0 Å². The lowest BCUT2D eigenvalue weighted by Gasteiger charge is -2.35. The van der Waals surface area contributed by atoms with Crippen molar-refractivity contribution in [2.45, 2.75) is 64.8 Å². The van der Waals surface area contributed by atoms with E-state index in [0.717, 1.165) is 32.7 Å². The monoisotopic (exact) mass is 283 g/mol. The smallest absolute Gasteiger partial charge is 0.238 e. The van der Waals surface area contributed by atoms with Crippen LogP contribution < -0.4 is 10.6 Å². The number of carbonyl (C=O) groups is 1. The molecular weight excluding hydrogens is 250 g/mol. The number of rotatable bonds is 10. The van der Waals surface area contributed by atoms with Crippen molar-refractivity contribution in [3.63, 3.8) is 0 Å². The van der Waals surface area contributed by atoms with Crippen LogP contribution in [0.15, 0.2) is 0 Å². The highest BCUT2D eigenvalue weighted by Gasteiger charge is 2.27. The maximum atomic E-state index is 12.0. The van der Waals surface area contributed by atoms with Gasteiger partial charge >= 0.3 is 0 Å². The maximum absolute atomic E-state index is 12.0. The zero-order valence-electron chi connectivity index (χ0n) is 13.4. The van der Waals surface area contributed by atoms with E-state index in [9.17, 15) is 4.79 Å². The van der Waals surface area contributed by atoms with Crippen LogP contribution in [0.1, 0.15) is 58.8 Å². The van der Waals surface area contributed by atoms with Crippen LogP contribution in [0, 0.1) is 0 Å². The van der Waals surface area contributed by atoms with E-state index in [2.05, 4.69) is 22.5 Å². The first-order valence-electron chi connectivity index (χ1n) is 8.52. The summed E-state index contributed by atoms with van der Waals surface area (Å²) in [6.07, 6.45) is 9.31. The number of hydrogen-bond acceptors (Lipinski definition) is 3. The van der Waals surface area contributed by atoms with E-state index in [1.807, 2.05) is 6.92 Å². The summed E-state index contributed by atoms with van der Waals surface area (Å²) in [4.78, 5) is 14.4. The average Bonchev–Trinajstić information content (AvgIpc) is 2.47. The van der Waals surface area contributed by atoms with E-state index in [1.165, 1.54) is 44.9 Å². The van der Waals surface area contributed by atoms with Crippen molar-refractivity contribution in [2.75, 3.05) is 32.7 Å². The van der Waals surface area contributed by atoms with Crippen LogP contribution in [0.5, 0.6) is 0 Å². The molecule has 1 heterocycles. The summed E-state index contributed by atoms with van der Waals surface area (Å²) in [6, 6.07) is 0.0313. The van der Waals surface area contributed by atoms with E-state index in [-0.39, 0.29) is 11.9 Å². The SMILES string of the molecule is CCCCCCCCCN1CCNCC1C(=O)NCC. The highest BCUT2D eigenvalue weighted by molar-refractivity contribution is 5.82. The number of likely N-dealkylation sites (N-methyl/N-ethyl adjacent to an activating group) is 1. The molecule has 2 N–H and O–H groups in total. The fraction of sp³-hybridized carbons (Fsp3) is 0.938. The molecular formula is C16H33N3O. The summed E-state index contributed by atoms with van der Waals surface area (Å²) < 4.78 is 0. The first kappa shape index (κ1) is 17.4. The Morgan fingerprint density at radius 2 is 1.85 bits per heavy atom. The van der Waals surface area contributed by atoms with Crippen LogP contribution in [0.2, 0.25) is 0 Å². The third kappa shape index (κ3) is 6.71. The number of piperazine rings is 1. The van der Waals surface area contributed by atoms with Crippen molar-refractivity contribution in [3.8, 4) is 0 Å². The molecule has 0 aromatic heterocycles. The molecule has 0 saturated carbocycles. The fourth-order valence-electron chi connectivity index (χ4n) is 2.84. The second-order valence-corrected chi connectivity index (χ2v) is 5.77. The average molecular weight is 283 g/mol. The molecule has 0 aliphatic carbocycles. The molecule has 0 aromatic rings. The zero-order chi connectivity index (χ0) is 14.6. The maximum Gasteiger partial charge on any atom is 0.238 e. The van der Waals surface area contributed by atoms with Gasteiger partial charge in [-0.3, -0.25) is 9.69 Å². The van der Waals surface area contributed by atoms with Gasteiger partial charge in [-0.2, -0.15) is 0 Å². The Bertz CT molecular complexity index is 258. The van der Waals surface area contributed by atoms with Gasteiger partial charge in [0.1, 0.15) is 6.04 Å². The topological polar surface area (TPSA) is 44.4 Å². The van der Waals surface area contributed by atoms with E-state index in [0.29, 0.717) is 0 Å².